The lowest BCUT2D eigenvalue weighted by atomic mass is 10.2. The molecule has 0 aliphatic carbocycles. The Morgan fingerprint density at radius 3 is 2.06 bits per heavy atom. The summed E-state index contributed by atoms with van der Waals surface area (Å²) in [6, 6.07) is 6.91. The normalized spacial score (nSPS) is 11.8. The summed E-state index contributed by atoms with van der Waals surface area (Å²) in [4.78, 5) is 0.322. The summed E-state index contributed by atoms with van der Waals surface area (Å²) in [5.41, 5.74) is 2.82. The molecular weight excluding hydrogens is 361 g/mol. The van der Waals surface area contributed by atoms with Crippen LogP contribution in [0.3, 0.4) is 0 Å². The maximum absolute atomic E-state index is 12.5. The van der Waals surface area contributed by atoms with Crippen LogP contribution < -0.4 is 0 Å². The van der Waals surface area contributed by atoms with E-state index in [0.29, 0.717) is 4.90 Å². The first-order valence-electron chi connectivity index (χ1n) is 5.50. The Balaban J connectivity index is 2.61. The SMILES string of the molecule is Cc1ccc(S(=O)(=O)n2cc(I)c(C)c2C)cc1. The minimum absolute atomic E-state index is 0.322. The molecule has 3 nitrogen and oxygen atoms in total. The molecule has 0 fully saturated rings. The van der Waals surface area contributed by atoms with Gasteiger partial charge in [-0.2, -0.15) is 0 Å². The van der Waals surface area contributed by atoms with E-state index < -0.39 is 10.0 Å². The van der Waals surface area contributed by atoms with Crippen molar-refractivity contribution in [3.05, 3.63) is 50.9 Å². The lowest BCUT2D eigenvalue weighted by molar-refractivity contribution is 0.586. The van der Waals surface area contributed by atoms with Crippen LogP contribution in [0.2, 0.25) is 0 Å². The molecule has 0 bridgehead atoms. The fourth-order valence-corrected chi connectivity index (χ4v) is 4.01. The smallest absolute Gasteiger partial charge is 0.245 e. The van der Waals surface area contributed by atoms with Crippen LogP contribution in [0.1, 0.15) is 16.8 Å². The van der Waals surface area contributed by atoms with Gasteiger partial charge >= 0.3 is 0 Å². The molecule has 0 spiro atoms. The van der Waals surface area contributed by atoms with Gasteiger partial charge in [-0.3, -0.25) is 0 Å². The van der Waals surface area contributed by atoms with Crippen molar-refractivity contribution in [3.8, 4) is 0 Å². The summed E-state index contributed by atoms with van der Waals surface area (Å²) in [6.45, 7) is 5.69. The quantitative estimate of drug-likeness (QED) is 0.756. The van der Waals surface area contributed by atoms with E-state index in [9.17, 15) is 8.42 Å². The van der Waals surface area contributed by atoms with Gasteiger partial charge in [0.05, 0.1) is 4.90 Å². The molecular formula is C13H14INO2S. The first kappa shape index (κ1) is 13.6. The monoisotopic (exact) mass is 375 g/mol. The van der Waals surface area contributed by atoms with Crippen molar-refractivity contribution in [2.24, 2.45) is 0 Å². The van der Waals surface area contributed by atoms with E-state index in [4.69, 9.17) is 0 Å². The van der Waals surface area contributed by atoms with E-state index in [1.165, 1.54) is 3.97 Å². The fourth-order valence-electron chi connectivity index (χ4n) is 1.71. The van der Waals surface area contributed by atoms with Gasteiger partial charge in [-0.25, -0.2) is 12.4 Å². The third-order valence-corrected chi connectivity index (χ3v) is 5.89. The molecule has 0 saturated heterocycles. The highest BCUT2D eigenvalue weighted by atomic mass is 127. The molecule has 2 aromatic rings. The number of aryl methyl sites for hydroxylation is 1. The van der Waals surface area contributed by atoms with Gasteiger partial charge in [-0.05, 0) is 61.1 Å². The predicted molar refractivity (Wildman–Crippen MR) is 80.4 cm³/mol. The highest BCUT2D eigenvalue weighted by Gasteiger charge is 2.20. The first-order valence-corrected chi connectivity index (χ1v) is 8.02. The van der Waals surface area contributed by atoms with Crippen molar-refractivity contribution in [1.29, 1.82) is 0 Å². The van der Waals surface area contributed by atoms with Gasteiger partial charge in [0.2, 0.25) is 0 Å². The minimum atomic E-state index is -3.48. The Morgan fingerprint density at radius 1 is 1.06 bits per heavy atom. The molecule has 0 unspecified atom stereocenters. The van der Waals surface area contributed by atoms with Gasteiger partial charge in [0.25, 0.3) is 10.0 Å². The van der Waals surface area contributed by atoms with Gasteiger partial charge in [-0.15, -0.1) is 0 Å². The van der Waals surface area contributed by atoms with E-state index in [1.807, 2.05) is 32.9 Å². The minimum Gasteiger partial charge on any atom is -0.245 e. The van der Waals surface area contributed by atoms with E-state index in [1.54, 1.807) is 18.3 Å². The molecule has 1 heterocycles. The average molecular weight is 375 g/mol. The zero-order chi connectivity index (χ0) is 13.5. The van der Waals surface area contributed by atoms with Crippen LogP contribution in [0.25, 0.3) is 0 Å². The molecule has 1 aromatic heterocycles. The van der Waals surface area contributed by atoms with E-state index in [2.05, 4.69) is 22.6 Å². The molecule has 96 valence electrons. The van der Waals surface area contributed by atoms with Crippen LogP contribution in [0.15, 0.2) is 35.4 Å². The second kappa shape index (κ2) is 4.70. The number of benzene rings is 1. The largest absolute Gasteiger partial charge is 0.267 e. The molecule has 5 heteroatoms. The van der Waals surface area contributed by atoms with Gasteiger partial charge in [0.15, 0.2) is 0 Å². The molecule has 1 aromatic carbocycles. The Morgan fingerprint density at radius 2 is 1.61 bits per heavy atom. The summed E-state index contributed by atoms with van der Waals surface area (Å²) < 4.78 is 27.3. The zero-order valence-electron chi connectivity index (χ0n) is 10.4. The van der Waals surface area contributed by atoms with Crippen LogP contribution in [-0.2, 0) is 10.0 Å². The fraction of sp³-hybridized carbons (Fsp3) is 0.231. The Hall–Kier alpha value is -0.820. The number of hydrogen-bond acceptors (Lipinski definition) is 2. The molecule has 0 aliphatic heterocycles. The second-order valence-corrected chi connectivity index (χ2v) is 7.28. The van der Waals surface area contributed by atoms with Gasteiger partial charge in [-0.1, -0.05) is 17.7 Å². The standard InChI is InChI=1S/C13H14INO2S/c1-9-4-6-12(7-5-9)18(16,17)15-8-13(14)10(2)11(15)3/h4-8H,1-3H3. The highest BCUT2D eigenvalue weighted by molar-refractivity contribution is 14.1. The molecule has 2 rings (SSSR count). The van der Waals surface area contributed by atoms with Crippen LogP contribution in [-0.4, -0.2) is 12.4 Å². The number of nitrogens with zero attached hydrogens (tertiary/aromatic N) is 1. The molecule has 18 heavy (non-hydrogen) atoms. The van der Waals surface area contributed by atoms with Crippen molar-refractivity contribution >= 4 is 32.6 Å². The summed E-state index contributed by atoms with van der Waals surface area (Å²) in [5.74, 6) is 0. The van der Waals surface area contributed by atoms with Crippen LogP contribution in [0, 0.1) is 24.3 Å². The summed E-state index contributed by atoms with van der Waals surface area (Å²) >= 11 is 2.15. The van der Waals surface area contributed by atoms with Crippen molar-refractivity contribution in [1.82, 2.24) is 3.97 Å². The average Bonchev–Trinajstić information content (AvgIpc) is 2.58. The third-order valence-electron chi connectivity index (χ3n) is 3.04. The second-order valence-electron chi connectivity index (χ2n) is 4.30. The third kappa shape index (κ3) is 2.21. The Bertz CT molecular complexity index is 685. The maximum Gasteiger partial charge on any atom is 0.267 e. The lowest BCUT2D eigenvalue weighted by Crippen LogP contribution is -2.13. The Kier molecular flexibility index (Phi) is 3.55. The van der Waals surface area contributed by atoms with Crippen molar-refractivity contribution in [2.45, 2.75) is 25.7 Å². The molecule has 0 radical (unpaired) electrons. The number of rotatable bonds is 2. The van der Waals surface area contributed by atoms with Crippen LogP contribution in [0.4, 0.5) is 0 Å². The van der Waals surface area contributed by atoms with Crippen molar-refractivity contribution < 1.29 is 8.42 Å². The maximum atomic E-state index is 12.5. The highest BCUT2D eigenvalue weighted by Crippen LogP contribution is 2.23. The van der Waals surface area contributed by atoms with Gasteiger partial charge < -0.3 is 0 Å². The zero-order valence-corrected chi connectivity index (χ0v) is 13.4. The summed E-state index contributed by atoms with van der Waals surface area (Å²) in [6.07, 6.45) is 1.67. The summed E-state index contributed by atoms with van der Waals surface area (Å²) in [7, 11) is -3.48. The number of hydrogen-bond donors (Lipinski definition) is 0. The molecule has 0 atom stereocenters. The molecule has 0 saturated carbocycles. The van der Waals surface area contributed by atoms with Gasteiger partial charge in [0, 0.05) is 15.5 Å². The lowest BCUT2D eigenvalue weighted by Gasteiger charge is -2.08. The summed E-state index contributed by atoms with van der Waals surface area (Å²) in [5, 5.41) is 0. The molecule has 0 aliphatic rings. The van der Waals surface area contributed by atoms with Crippen molar-refractivity contribution in [2.75, 3.05) is 0 Å². The predicted octanol–water partition coefficient (Wildman–Crippen LogP) is 3.25. The van der Waals surface area contributed by atoms with E-state index in [0.717, 1.165) is 20.4 Å². The number of halogens is 1. The van der Waals surface area contributed by atoms with E-state index in [-0.39, 0.29) is 0 Å². The van der Waals surface area contributed by atoms with Crippen molar-refractivity contribution in [3.63, 3.8) is 0 Å². The van der Waals surface area contributed by atoms with Crippen LogP contribution >= 0.6 is 22.6 Å². The van der Waals surface area contributed by atoms with Gasteiger partial charge in [0.1, 0.15) is 0 Å². The van der Waals surface area contributed by atoms with E-state index >= 15 is 0 Å². The molecule has 0 amide bonds. The first-order chi connectivity index (χ1) is 8.34. The van der Waals surface area contributed by atoms with Crippen LogP contribution in [0.5, 0.6) is 0 Å². The Labute approximate surface area is 121 Å². The number of aromatic nitrogens is 1. The topological polar surface area (TPSA) is 39.1 Å². The molecule has 0 N–H and O–H groups in total.